The lowest BCUT2D eigenvalue weighted by atomic mass is 10.2. The Morgan fingerprint density at radius 3 is 2.58 bits per heavy atom. The van der Waals surface area contributed by atoms with E-state index >= 15 is 0 Å². The van der Waals surface area contributed by atoms with Crippen molar-refractivity contribution in [1.29, 1.82) is 0 Å². The molecule has 3 nitrogen and oxygen atoms in total. The molecule has 2 aromatic heterocycles. The van der Waals surface area contributed by atoms with Gasteiger partial charge >= 0.3 is 0 Å². The summed E-state index contributed by atoms with van der Waals surface area (Å²) in [4.78, 5) is 15.5. The van der Waals surface area contributed by atoms with Crippen LogP contribution in [0.3, 0.4) is 0 Å². The Labute approximate surface area is 153 Å². The van der Waals surface area contributed by atoms with Crippen LogP contribution < -0.4 is 0 Å². The molecular weight excluding hydrogens is 386 g/mol. The van der Waals surface area contributed by atoms with Crippen LogP contribution in [0.5, 0.6) is 0 Å². The number of amides is 1. The molecular formula is C19H16BrNO2S. The number of carbonyl (C=O) groups is 1. The van der Waals surface area contributed by atoms with Gasteiger partial charge in [-0.2, -0.15) is 0 Å². The second-order valence-corrected chi connectivity index (χ2v) is 7.73. The fourth-order valence-electron chi connectivity index (χ4n) is 2.28. The summed E-state index contributed by atoms with van der Waals surface area (Å²) in [6, 6.07) is 17.6. The standard InChI is InChI=1S/C19H16BrNO2S/c20-18-10-8-17(24-18)9-11-19(22)21(14-16-7-4-12-23-16)13-15-5-2-1-3-6-15/h1-12H,13-14H2. The minimum Gasteiger partial charge on any atom is -0.467 e. The average molecular weight is 402 g/mol. The first kappa shape index (κ1) is 16.7. The quantitative estimate of drug-likeness (QED) is 0.521. The van der Waals surface area contributed by atoms with Crippen LogP contribution in [0.2, 0.25) is 0 Å². The van der Waals surface area contributed by atoms with Crippen LogP contribution in [0, 0.1) is 0 Å². The van der Waals surface area contributed by atoms with Gasteiger partial charge < -0.3 is 9.32 Å². The number of benzene rings is 1. The van der Waals surface area contributed by atoms with Crippen molar-refractivity contribution < 1.29 is 9.21 Å². The summed E-state index contributed by atoms with van der Waals surface area (Å²) in [7, 11) is 0. The molecule has 0 aliphatic rings. The Balaban J connectivity index is 1.75. The van der Waals surface area contributed by atoms with Crippen molar-refractivity contribution in [2.45, 2.75) is 13.1 Å². The first-order chi connectivity index (χ1) is 11.7. The van der Waals surface area contributed by atoms with E-state index in [1.165, 1.54) is 0 Å². The SMILES string of the molecule is O=C(C=Cc1ccc(Br)s1)N(Cc1ccccc1)Cc1ccco1. The highest BCUT2D eigenvalue weighted by molar-refractivity contribution is 9.11. The number of hydrogen-bond acceptors (Lipinski definition) is 3. The molecule has 0 radical (unpaired) electrons. The first-order valence-electron chi connectivity index (χ1n) is 7.49. The molecule has 24 heavy (non-hydrogen) atoms. The maximum absolute atomic E-state index is 12.6. The van der Waals surface area contributed by atoms with E-state index in [0.29, 0.717) is 13.1 Å². The van der Waals surface area contributed by atoms with E-state index in [9.17, 15) is 4.79 Å². The Bertz CT molecular complexity index is 809. The van der Waals surface area contributed by atoms with Crippen molar-refractivity contribution in [2.75, 3.05) is 0 Å². The van der Waals surface area contributed by atoms with Crippen molar-refractivity contribution >= 4 is 39.2 Å². The van der Waals surface area contributed by atoms with Crippen LogP contribution in [0.15, 0.2) is 75.1 Å². The van der Waals surface area contributed by atoms with Crippen LogP contribution in [0.4, 0.5) is 0 Å². The number of carbonyl (C=O) groups excluding carboxylic acids is 1. The molecule has 0 bridgehead atoms. The van der Waals surface area contributed by atoms with Crippen molar-refractivity contribution in [3.8, 4) is 0 Å². The second-order valence-electron chi connectivity index (χ2n) is 5.23. The normalized spacial score (nSPS) is 11.0. The smallest absolute Gasteiger partial charge is 0.247 e. The van der Waals surface area contributed by atoms with Crippen LogP contribution >= 0.6 is 27.3 Å². The van der Waals surface area contributed by atoms with E-state index < -0.39 is 0 Å². The van der Waals surface area contributed by atoms with Gasteiger partial charge in [0.15, 0.2) is 0 Å². The summed E-state index contributed by atoms with van der Waals surface area (Å²) in [5.74, 6) is 0.728. The second kappa shape index (κ2) is 8.13. The molecule has 0 fully saturated rings. The van der Waals surface area contributed by atoms with Crippen molar-refractivity contribution in [3.63, 3.8) is 0 Å². The molecule has 0 N–H and O–H groups in total. The summed E-state index contributed by atoms with van der Waals surface area (Å²) in [6.07, 6.45) is 5.08. The van der Waals surface area contributed by atoms with Crippen LogP contribution in [-0.4, -0.2) is 10.8 Å². The Morgan fingerprint density at radius 1 is 1.08 bits per heavy atom. The molecule has 0 spiro atoms. The molecule has 2 heterocycles. The van der Waals surface area contributed by atoms with Crippen LogP contribution in [-0.2, 0) is 17.9 Å². The fourth-order valence-corrected chi connectivity index (χ4v) is 3.61. The fraction of sp³-hybridized carbons (Fsp3) is 0.105. The topological polar surface area (TPSA) is 33.5 Å². The van der Waals surface area contributed by atoms with Gasteiger partial charge in [0.1, 0.15) is 5.76 Å². The predicted molar refractivity (Wildman–Crippen MR) is 100 cm³/mol. The number of rotatable bonds is 6. The third-order valence-electron chi connectivity index (χ3n) is 3.44. The van der Waals surface area contributed by atoms with Crippen molar-refractivity contribution in [3.05, 3.63) is 86.9 Å². The third-order valence-corrected chi connectivity index (χ3v) is 5.03. The number of halogens is 1. The molecule has 5 heteroatoms. The van der Waals surface area contributed by atoms with Crippen LogP contribution in [0.1, 0.15) is 16.2 Å². The van der Waals surface area contributed by atoms with E-state index in [-0.39, 0.29) is 5.91 Å². The molecule has 0 atom stereocenters. The highest BCUT2D eigenvalue weighted by Gasteiger charge is 2.13. The summed E-state index contributed by atoms with van der Waals surface area (Å²) in [5.41, 5.74) is 1.09. The zero-order valence-electron chi connectivity index (χ0n) is 12.9. The highest BCUT2D eigenvalue weighted by atomic mass is 79.9. The van der Waals surface area contributed by atoms with Gasteiger partial charge in [0.05, 0.1) is 16.6 Å². The largest absolute Gasteiger partial charge is 0.467 e. The van der Waals surface area contributed by atoms with Gasteiger partial charge in [-0.1, -0.05) is 30.3 Å². The molecule has 0 aliphatic heterocycles. The van der Waals surface area contributed by atoms with E-state index in [0.717, 1.165) is 20.0 Å². The predicted octanol–water partition coefficient (Wildman–Crippen LogP) is 5.35. The maximum Gasteiger partial charge on any atom is 0.247 e. The molecule has 0 saturated heterocycles. The van der Waals surface area contributed by atoms with E-state index in [1.54, 1.807) is 28.6 Å². The van der Waals surface area contributed by atoms with Crippen molar-refractivity contribution in [1.82, 2.24) is 4.90 Å². The average Bonchev–Trinajstić information content (AvgIpc) is 3.24. The number of furan rings is 1. The van der Waals surface area contributed by atoms with Gasteiger partial charge in [0, 0.05) is 17.5 Å². The van der Waals surface area contributed by atoms with Gasteiger partial charge in [0.25, 0.3) is 0 Å². The number of nitrogens with zero attached hydrogens (tertiary/aromatic N) is 1. The maximum atomic E-state index is 12.6. The lowest BCUT2D eigenvalue weighted by Crippen LogP contribution is -2.28. The van der Waals surface area contributed by atoms with Crippen LogP contribution in [0.25, 0.3) is 6.08 Å². The van der Waals surface area contributed by atoms with Gasteiger partial charge in [-0.15, -0.1) is 11.3 Å². The van der Waals surface area contributed by atoms with Gasteiger partial charge in [-0.3, -0.25) is 4.79 Å². The molecule has 0 saturated carbocycles. The zero-order chi connectivity index (χ0) is 16.8. The van der Waals surface area contributed by atoms with Crippen molar-refractivity contribution in [2.24, 2.45) is 0 Å². The van der Waals surface area contributed by atoms with Gasteiger partial charge in [-0.25, -0.2) is 0 Å². The Hall–Kier alpha value is -2.11. The third kappa shape index (κ3) is 4.69. The molecule has 0 aliphatic carbocycles. The molecule has 0 unspecified atom stereocenters. The Morgan fingerprint density at radius 2 is 1.92 bits per heavy atom. The van der Waals surface area contributed by atoms with Gasteiger partial charge in [-0.05, 0) is 51.8 Å². The lowest BCUT2D eigenvalue weighted by molar-refractivity contribution is -0.127. The molecule has 1 aromatic carbocycles. The molecule has 3 aromatic rings. The minimum atomic E-state index is -0.0419. The molecule has 122 valence electrons. The summed E-state index contributed by atoms with van der Waals surface area (Å²) >= 11 is 5.02. The molecule has 1 amide bonds. The van der Waals surface area contributed by atoms with E-state index in [1.807, 2.05) is 60.7 Å². The number of thiophene rings is 1. The highest BCUT2D eigenvalue weighted by Crippen LogP contribution is 2.23. The first-order valence-corrected chi connectivity index (χ1v) is 9.10. The summed E-state index contributed by atoms with van der Waals surface area (Å²) in [5, 5.41) is 0. The zero-order valence-corrected chi connectivity index (χ0v) is 15.3. The monoisotopic (exact) mass is 401 g/mol. The van der Waals surface area contributed by atoms with E-state index in [4.69, 9.17) is 4.42 Å². The number of hydrogen-bond donors (Lipinski definition) is 0. The minimum absolute atomic E-state index is 0.0419. The van der Waals surface area contributed by atoms with Gasteiger partial charge in [0.2, 0.25) is 5.91 Å². The summed E-state index contributed by atoms with van der Waals surface area (Å²) < 4.78 is 6.44. The van der Waals surface area contributed by atoms with E-state index in [2.05, 4.69) is 15.9 Å². The molecule has 3 rings (SSSR count). The summed E-state index contributed by atoms with van der Waals surface area (Å²) in [6.45, 7) is 0.984. The Kier molecular flexibility index (Phi) is 5.67. The lowest BCUT2D eigenvalue weighted by Gasteiger charge is -2.20.